The third-order valence-corrected chi connectivity index (χ3v) is 13.8. The van der Waals surface area contributed by atoms with E-state index in [0.29, 0.717) is 82.0 Å². The number of aromatic nitrogens is 1. The molecule has 1 spiro atoms. The van der Waals surface area contributed by atoms with Crippen molar-refractivity contribution in [2.45, 2.75) is 103 Å². The van der Waals surface area contributed by atoms with Crippen molar-refractivity contribution in [3.8, 4) is 34.3 Å². The molecular formula is C54H56F3N7O7S. The van der Waals surface area contributed by atoms with E-state index in [0.717, 1.165) is 51.4 Å². The van der Waals surface area contributed by atoms with Gasteiger partial charge in [0.05, 0.1) is 35.2 Å². The minimum atomic E-state index is -4.79. The molecule has 72 heavy (non-hydrogen) atoms. The van der Waals surface area contributed by atoms with E-state index in [9.17, 15) is 37.6 Å². The van der Waals surface area contributed by atoms with Gasteiger partial charge in [0.1, 0.15) is 30.0 Å². The number of rotatable bonds is 17. The molecule has 376 valence electrons. The number of carbonyl (C=O) groups is 4. The summed E-state index contributed by atoms with van der Waals surface area (Å²) in [7, 11) is 0. The van der Waals surface area contributed by atoms with E-state index in [4.69, 9.17) is 26.1 Å². The van der Waals surface area contributed by atoms with Crippen LogP contribution < -0.4 is 25.2 Å². The number of ether oxygens (including phenoxy) is 2. The average Bonchev–Trinajstić information content (AvgIpc) is 4.08. The number of halogens is 3. The van der Waals surface area contributed by atoms with Crippen LogP contribution in [0.3, 0.4) is 0 Å². The van der Waals surface area contributed by atoms with Gasteiger partial charge in [-0.3, -0.25) is 24.1 Å². The molecule has 0 bridgehead atoms. The maximum absolute atomic E-state index is 14.0. The predicted octanol–water partition coefficient (Wildman–Crippen LogP) is 9.28. The Morgan fingerprint density at radius 1 is 0.917 bits per heavy atom. The van der Waals surface area contributed by atoms with E-state index in [1.807, 2.05) is 100 Å². The number of nitrogens with one attached hydrogen (secondary N) is 2. The lowest BCUT2D eigenvalue weighted by Gasteiger charge is -2.43. The van der Waals surface area contributed by atoms with E-state index >= 15 is 0 Å². The summed E-state index contributed by atoms with van der Waals surface area (Å²) < 4.78 is 58.6. The second-order valence-corrected chi connectivity index (χ2v) is 19.8. The van der Waals surface area contributed by atoms with Gasteiger partial charge in [-0.2, -0.15) is 18.4 Å². The number of oxazole rings is 1. The van der Waals surface area contributed by atoms with Crippen LogP contribution in [0.25, 0.3) is 22.5 Å². The molecular weight excluding hydrogens is 948 g/mol. The second-order valence-electron chi connectivity index (χ2n) is 19.4. The topological polar surface area (TPSA) is 170 Å². The molecule has 3 fully saturated rings. The molecule has 1 aliphatic carbocycles. The number of unbranched alkanes of at least 4 members (excludes halogenated alkanes) is 1. The Morgan fingerprint density at radius 3 is 2.18 bits per heavy atom. The molecule has 18 heteroatoms. The number of carbonyl (C=O) groups excluding carboxylic acids is 4. The number of thiocarbonyl (C=S) groups is 1. The van der Waals surface area contributed by atoms with Crippen molar-refractivity contribution in [2.24, 2.45) is 5.41 Å². The Kier molecular flexibility index (Phi) is 15.2. The number of likely N-dealkylation sites (tertiary alicyclic amines) is 1. The van der Waals surface area contributed by atoms with Gasteiger partial charge in [0.2, 0.25) is 17.7 Å². The summed E-state index contributed by atoms with van der Waals surface area (Å²) in [4.78, 5) is 63.0. The molecule has 1 aromatic heterocycles. The van der Waals surface area contributed by atoms with Crippen molar-refractivity contribution in [3.63, 3.8) is 0 Å². The highest BCUT2D eigenvalue weighted by molar-refractivity contribution is 7.81. The molecule has 4 amide bonds. The maximum Gasteiger partial charge on any atom is 0.417 e. The number of benzene rings is 4. The van der Waals surface area contributed by atoms with Gasteiger partial charge in [-0.15, -0.1) is 0 Å². The highest BCUT2D eigenvalue weighted by atomic mass is 32.1. The lowest BCUT2D eigenvalue weighted by molar-refractivity contribution is -0.144. The average molecular weight is 1000 g/mol. The van der Waals surface area contributed by atoms with Crippen LogP contribution >= 0.6 is 12.2 Å². The Bertz CT molecular complexity index is 2850. The summed E-state index contributed by atoms with van der Waals surface area (Å²) in [5.74, 6) is -0.00432. The summed E-state index contributed by atoms with van der Waals surface area (Å²) in [6.45, 7) is 8.69. The fourth-order valence-electron chi connectivity index (χ4n) is 9.40. The fourth-order valence-corrected chi connectivity index (χ4v) is 9.87. The summed E-state index contributed by atoms with van der Waals surface area (Å²) in [5, 5.41) is 15.2. The SMILES string of the molecule is Cc1ncoc1-c1ccc(CNC(=O)[C@@H]2CCCN2C(=O)C(NC(=O)COCCCCOc2ccc(-c3ccc(N4C(=S)N(c5ccc(C#N)c(C(F)(F)F)c5)C(=O)C45CCC5)cc3)cc2)C(C)(C)C)cc1. The van der Waals surface area contributed by atoms with Crippen molar-refractivity contribution < 1.29 is 46.2 Å². The molecule has 0 radical (unpaired) electrons. The first-order valence-corrected chi connectivity index (χ1v) is 24.4. The number of alkyl halides is 3. The van der Waals surface area contributed by atoms with E-state index in [2.05, 4.69) is 15.6 Å². The van der Waals surface area contributed by atoms with Crippen molar-refractivity contribution in [1.29, 1.82) is 5.26 Å². The normalized spacial score (nSPS) is 16.9. The maximum atomic E-state index is 14.0. The van der Waals surface area contributed by atoms with Crippen LogP contribution in [-0.4, -0.2) is 82.6 Å². The number of hydrogen-bond acceptors (Lipinski definition) is 10. The van der Waals surface area contributed by atoms with Crippen LogP contribution in [0, 0.1) is 23.7 Å². The Balaban J connectivity index is 0.766. The van der Waals surface area contributed by atoms with Gasteiger partial charge in [0.25, 0.3) is 5.91 Å². The smallest absolute Gasteiger partial charge is 0.417 e. The fraction of sp³-hybridized carbons (Fsp3) is 0.389. The molecule has 2 atom stereocenters. The monoisotopic (exact) mass is 1000 g/mol. The number of aryl methyl sites for hydroxylation is 1. The third-order valence-electron chi connectivity index (χ3n) is 13.5. The largest absolute Gasteiger partial charge is 0.494 e. The quantitative estimate of drug-likeness (QED) is 0.0673. The zero-order valence-corrected chi connectivity index (χ0v) is 41.3. The Hall–Kier alpha value is -7.10. The zero-order chi connectivity index (χ0) is 51.4. The van der Waals surface area contributed by atoms with Crippen molar-refractivity contribution in [2.75, 3.05) is 36.2 Å². The van der Waals surface area contributed by atoms with E-state index < -0.39 is 52.2 Å². The van der Waals surface area contributed by atoms with Gasteiger partial charge in [-0.05, 0) is 129 Å². The van der Waals surface area contributed by atoms with E-state index in [1.54, 1.807) is 15.9 Å². The van der Waals surface area contributed by atoms with Gasteiger partial charge in [0, 0.05) is 30.9 Å². The van der Waals surface area contributed by atoms with Crippen LogP contribution in [0.1, 0.15) is 88.1 Å². The van der Waals surface area contributed by atoms with Gasteiger partial charge in [0.15, 0.2) is 17.3 Å². The lowest BCUT2D eigenvalue weighted by atomic mass is 9.75. The van der Waals surface area contributed by atoms with Gasteiger partial charge in [-0.1, -0.05) is 69.3 Å². The summed E-state index contributed by atoms with van der Waals surface area (Å²) >= 11 is 5.77. The molecule has 1 saturated carbocycles. The highest BCUT2D eigenvalue weighted by Gasteiger charge is 2.59. The summed E-state index contributed by atoms with van der Waals surface area (Å²) in [6.07, 6.45) is 0.855. The molecule has 14 nitrogen and oxygen atoms in total. The Morgan fingerprint density at radius 2 is 1.57 bits per heavy atom. The van der Waals surface area contributed by atoms with Crippen LogP contribution in [0.4, 0.5) is 24.5 Å². The molecule has 3 heterocycles. The molecule has 4 aromatic carbocycles. The van der Waals surface area contributed by atoms with E-state index in [-0.39, 0.29) is 29.2 Å². The van der Waals surface area contributed by atoms with Crippen LogP contribution in [0.2, 0.25) is 0 Å². The molecule has 5 aromatic rings. The first-order valence-electron chi connectivity index (χ1n) is 24.0. The van der Waals surface area contributed by atoms with Crippen molar-refractivity contribution in [3.05, 3.63) is 120 Å². The molecule has 3 aliphatic rings. The second kappa shape index (κ2) is 21.3. The first kappa shape index (κ1) is 51.3. The minimum absolute atomic E-state index is 0.0364. The number of nitriles is 1. The Labute approximate surface area is 421 Å². The van der Waals surface area contributed by atoms with Gasteiger partial charge >= 0.3 is 6.18 Å². The minimum Gasteiger partial charge on any atom is -0.494 e. The van der Waals surface area contributed by atoms with Crippen LogP contribution in [0.15, 0.2) is 102 Å². The number of anilines is 2. The summed E-state index contributed by atoms with van der Waals surface area (Å²) in [5.41, 5.74) is 1.68. The highest BCUT2D eigenvalue weighted by Crippen LogP contribution is 2.48. The van der Waals surface area contributed by atoms with E-state index in [1.165, 1.54) is 12.5 Å². The zero-order valence-electron chi connectivity index (χ0n) is 40.5. The van der Waals surface area contributed by atoms with Crippen LogP contribution in [-0.2, 0) is 36.6 Å². The lowest BCUT2D eigenvalue weighted by Crippen LogP contribution is -2.58. The molecule has 1 unspecified atom stereocenters. The molecule has 2 aliphatic heterocycles. The van der Waals surface area contributed by atoms with Gasteiger partial charge in [-0.25, -0.2) is 4.98 Å². The first-order chi connectivity index (χ1) is 34.4. The molecule has 2 saturated heterocycles. The number of amides is 4. The van der Waals surface area contributed by atoms with Crippen molar-refractivity contribution in [1.82, 2.24) is 20.5 Å². The van der Waals surface area contributed by atoms with Crippen molar-refractivity contribution >= 4 is 52.3 Å². The van der Waals surface area contributed by atoms with Crippen LogP contribution in [0.5, 0.6) is 5.75 Å². The number of hydrogen-bond donors (Lipinski definition) is 2. The molecule has 2 N–H and O–H groups in total. The number of nitrogens with zero attached hydrogens (tertiary/aromatic N) is 5. The summed E-state index contributed by atoms with van der Waals surface area (Å²) in [6, 6.07) is 25.9. The molecule has 8 rings (SSSR count). The third kappa shape index (κ3) is 10.9. The van der Waals surface area contributed by atoms with Gasteiger partial charge < -0.3 is 34.3 Å². The standard InChI is InChI=1S/C54H56F3N7O7S/c1-34-46(71-33-60-34)38-12-10-35(11-13-38)31-59-48(66)44-9-7-26-62(44)49(67)47(52(2,3)4)61-45(65)32-69-27-5-6-28-70-42-22-17-37(18-23-42)36-14-19-40(20-15-36)64-51(72)63(50(68)53(64)24-8-25-53)41-21-16-39(30-58)43(29-41)54(55,56)57/h10-23,29,33,44,47H,5-9,24-28,31-32H2,1-4H3,(H,59,66)(H,61,65)/t44-,47?/m0/s1. The predicted molar refractivity (Wildman–Crippen MR) is 267 cm³/mol.